The third-order valence-corrected chi connectivity index (χ3v) is 2.77. The lowest BCUT2D eigenvalue weighted by Crippen LogP contribution is -1.95. The fraction of sp³-hybridized carbons (Fsp3) is 0.167. The van der Waals surface area contributed by atoms with Crippen molar-refractivity contribution in [1.82, 2.24) is 4.72 Å². The van der Waals surface area contributed by atoms with E-state index in [9.17, 15) is 4.79 Å². The molecule has 0 aromatic carbocycles. The average molecular weight is 173 g/mol. The smallest absolute Gasteiger partial charge is 0.217 e. The van der Waals surface area contributed by atoms with Crippen molar-refractivity contribution >= 4 is 29.7 Å². The van der Waals surface area contributed by atoms with Gasteiger partial charge in [0.05, 0.1) is 4.21 Å². The fourth-order valence-electron chi connectivity index (χ4n) is 0.549. The van der Waals surface area contributed by atoms with Crippen LogP contribution < -0.4 is 4.72 Å². The molecule has 1 rings (SSSR count). The molecular weight excluding hydrogens is 166 g/mol. The maximum Gasteiger partial charge on any atom is 0.217 e. The van der Waals surface area contributed by atoms with Gasteiger partial charge in [-0.1, -0.05) is 0 Å². The van der Waals surface area contributed by atoms with Crippen molar-refractivity contribution in [2.45, 2.75) is 11.1 Å². The number of hydrogen-bond acceptors (Lipinski definition) is 3. The van der Waals surface area contributed by atoms with Crippen LogP contribution in [0.25, 0.3) is 0 Å². The molecule has 0 aliphatic rings. The summed E-state index contributed by atoms with van der Waals surface area (Å²) in [5.41, 5.74) is 0. The number of carbonyl (C=O) groups excluding carboxylic acids is 1. The van der Waals surface area contributed by atoms with Crippen LogP contribution in [0.15, 0.2) is 16.3 Å². The van der Waals surface area contributed by atoms with Gasteiger partial charge in [0.15, 0.2) is 0 Å². The molecular formula is C6H7NOS2. The first-order valence-corrected chi connectivity index (χ1v) is 4.38. The van der Waals surface area contributed by atoms with E-state index >= 15 is 0 Å². The van der Waals surface area contributed by atoms with Gasteiger partial charge in [0, 0.05) is 4.88 Å². The average Bonchev–Trinajstić information content (AvgIpc) is 2.31. The van der Waals surface area contributed by atoms with Gasteiger partial charge in [-0.05, 0) is 31.0 Å². The predicted octanol–water partition coefficient (Wildman–Crippen LogP) is 1.81. The summed E-state index contributed by atoms with van der Waals surface area (Å²) in [6, 6.07) is 4.01. The summed E-state index contributed by atoms with van der Waals surface area (Å²) in [5, 5.41) is 0. The standard InChI is InChI=1S/C6H7NOS2/c1-5-2-3-6(9-5)10-7-4-8/h2-4H,1H3,(H,7,8). The van der Waals surface area contributed by atoms with Crippen molar-refractivity contribution in [2.24, 2.45) is 0 Å². The van der Waals surface area contributed by atoms with Gasteiger partial charge < -0.3 is 0 Å². The highest BCUT2D eigenvalue weighted by Crippen LogP contribution is 2.23. The molecule has 1 N–H and O–H groups in total. The van der Waals surface area contributed by atoms with E-state index < -0.39 is 0 Å². The normalized spacial score (nSPS) is 9.30. The Balaban J connectivity index is 2.49. The van der Waals surface area contributed by atoms with E-state index in [2.05, 4.69) is 4.72 Å². The van der Waals surface area contributed by atoms with Crippen molar-refractivity contribution in [3.05, 3.63) is 17.0 Å². The van der Waals surface area contributed by atoms with Crippen LogP contribution in [-0.2, 0) is 4.79 Å². The zero-order chi connectivity index (χ0) is 7.40. The monoisotopic (exact) mass is 173 g/mol. The summed E-state index contributed by atoms with van der Waals surface area (Å²) in [5.74, 6) is 0. The van der Waals surface area contributed by atoms with Gasteiger partial charge in [-0.3, -0.25) is 9.52 Å². The summed E-state index contributed by atoms with van der Waals surface area (Å²) < 4.78 is 3.64. The molecule has 1 amide bonds. The predicted molar refractivity (Wildman–Crippen MR) is 44.1 cm³/mol. The third kappa shape index (κ3) is 2.04. The fourth-order valence-corrected chi connectivity index (χ4v) is 2.14. The lowest BCUT2D eigenvalue weighted by molar-refractivity contribution is -0.107. The van der Waals surface area contributed by atoms with Gasteiger partial charge >= 0.3 is 0 Å². The van der Waals surface area contributed by atoms with Crippen LogP contribution in [-0.4, -0.2) is 6.41 Å². The minimum absolute atomic E-state index is 0.680. The zero-order valence-electron chi connectivity index (χ0n) is 5.46. The molecule has 4 heteroatoms. The number of rotatable bonds is 3. The summed E-state index contributed by atoms with van der Waals surface area (Å²) in [7, 11) is 0. The maximum absolute atomic E-state index is 9.86. The molecule has 1 aromatic rings. The van der Waals surface area contributed by atoms with E-state index in [0.29, 0.717) is 6.41 Å². The molecule has 0 saturated carbocycles. The first-order chi connectivity index (χ1) is 4.83. The highest BCUT2D eigenvalue weighted by molar-refractivity contribution is 7.99. The second-order valence-electron chi connectivity index (χ2n) is 1.70. The molecule has 0 unspecified atom stereocenters. The van der Waals surface area contributed by atoms with Crippen molar-refractivity contribution in [1.29, 1.82) is 0 Å². The zero-order valence-corrected chi connectivity index (χ0v) is 7.09. The Hall–Kier alpha value is -0.480. The lowest BCUT2D eigenvalue weighted by atomic mass is 10.5. The maximum atomic E-state index is 9.86. The first-order valence-electron chi connectivity index (χ1n) is 2.75. The Morgan fingerprint density at radius 3 is 3.00 bits per heavy atom. The van der Waals surface area contributed by atoms with Gasteiger partial charge in [0.25, 0.3) is 0 Å². The van der Waals surface area contributed by atoms with E-state index in [1.807, 2.05) is 19.1 Å². The number of carbonyl (C=O) groups is 1. The SMILES string of the molecule is Cc1ccc(SNC=O)s1. The second-order valence-corrected chi connectivity index (χ2v) is 4.13. The molecule has 1 aromatic heterocycles. The van der Waals surface area contributed by atoms with Crippen molar-refractivity contribution in [2.75, 3.05) is 0 Å². The van der Waals surface area contributed by atoms with Crippen LogP contribution in [0.3, 0.4) is 0 Å². The van der Waals surface area contributed by atoms with Gasteiger partial charge in [-0.15, -0.1) is 11.3 Å². The Morgan fingerprint density at radius 2 is 2.50 bits per heavy atom. The molecule has 0 saturated heterocycles. The first kappa shape index (κ1) is 7.63. The molecule has 54 valence electrons. The lowest BCUT2D eigenvalue weighted by Gasteiger charge is -1.89. The summed E-state index contributed by atoms with van der Waals surface area (Å²) in [4.78, 5) is 11.1. The van der Waals surface area contributed by atoms with Crippen LogP contribution in [0.5, 0.6) is 0 Å². The van der Waals surface area contributed by atoms with Crippen molar-refractivity contribution in [3.63, 3.8) is 0 Å². The number of hydrogen-bond donors (Lipinski definition) is 1. The number of thiophene rings is 1. The highest BCUT2D eigenvalue weighted by Gasteiger charge is 1.94. The Kier molecular flexibility index (Phi) is 2.77. The third-order valence-electron chi connectivity index (χ3n) is 0.923. The van der Waals surface area contributed by atoms with Crippen LogP contribution in [0.2, 0.25) is 0 Å². The molecule has 1 heterocycles. The van der Waals surface area contributed by atoms with Crippen LogP contribution >= 0.6 is 23.3 Å². The largest absolute Gasteiger partial charge is 0.298 e. The number of nitrogens with one attached hydrogen (secondary N) is 1. The molecule has 0 radical (unpaired) electrons. The molecule has 2 nitrogen and oxygen atoms in total. The molecule has 0 aliphatic carbocycles. The highest BCUT2D eigenvalue weighted by atomic mass is 32.2. The Bertz CT molecular complexity index is 221. The molecule has 0 bridgehead atoms. The topological polar surface area (TPSA) is 29.1 Å². The summed E-state index contributed by atoms with van der Waals surface area (Å²) in [6.45, 7) is 2.04. The quantitative estimate of drug-likeness (QED) is 0.558. The van der Waals surface area contributed by atoms with Gasteiger partial charge in [-0.2, -0.15) is 0 Å². The van der Waals surface area contributed by atoms with E-state index in [0.717, 1.165) is 4.21 Å². The van der Waals surface area contributed by atoms with Gasteiger partial charge in [-0.25, -0.2) is 0 Å². The Labute approximate surface area is 67.8 Å². The van der Waals surface area contributed by atoms with Crippen molar-refractivity contribution in [3.8, 4) is 0 Å². The van der Waals surface area contributed by atoms with Crippen LogP contribution in [0.1, 0.15) is 4.88 Å². The summed E-state index contributed by atoms with van der Waals surface area (Å²) >= 11 is 3.01. The molecule has 0 aliphatic heterocycles. The number of aryl methyl sites for hydroxylation is 1. The van der Waals surface area contributed by atoms with Crippen LogP contribution in [0, 0.1) is 6.92 Å². The van der Waals surface area contributed by atoms with E-state index in [4.69, 9.17) is 0 Å². The van der Waals surface area contributed by atoms with Crippen LogP contribution in [0.4, 0.5) is 0 Å². The second kappa shape index (κ2) is 3.63. The van der Waals surface area contributed by atoms with E-state index in [1.165, 1.54) is 16.8 Å². The van der Waals surface area contributed by atoms with Crippen molar-refractivity contribution < 1.29 is 4.79 Å². The van der Waals surface area contributed by atoms with E-state index in [-0.39, 0.29) is 0 Å². The number of amides is 1. The van der Waals surface area contributed by atoms with Gasteiger partial charge in [0.1, 0.15) is 0 Å². The minimum Gasteiger partial charge on any atom is -0.298 e. The van der Waals surface area contributed by atoms with E-state index in [1.54, 1.807) is 11.3 Å². The molecule has 10 heavy (non-hydrogen) atoms. The molecule has 0 fully saturated rings. The summed E-state index contributed by atoms with van der Waals surface area (Å²) in [6.07, 6.45) is 0.680. The minimum atomic E-state index is 0.680. The van der Waals surface area contributed by atoms with Gasteiger partial charge in [0.2, 0.25) is 6.41 Å². The Morgan fingerprint density at radius 1 is 1.70 bits per heavy atom. The molecule has 0 atom stereocenters. The molecule has 0 spiro atoms.